The van der Waals surface area contributed by atoms with E-state index in [1.54, 1.807) is 31.5 Å². The summed E-state index contributed by atoms with van der Waals surface area (Å²) in [5.41, 5.74) is 1.80. The summed E-state index contributed by atoms with van der Waals surface area (Å²) in [6.07, 6.45) is 3.51. The number of hydrogen-bond acceptors (Lipinski definition) is 5. The second-order valence-electron chi connectivity index (χ2n) is 5.42. The summed E-state index contributed by atoms with van der Waals surface area (Å²) in [5.74, 6) is 0.729. The summed E-state index contributed by atoms with van der Waals surface area (Å²) in [6.45, 7) is 0. The largest absolute Gasteiger partial charge is 0.497 e. The Hall–Kier alpha value is -2.95. The first-order chi connectivity index (χ1) is 13.1. The molecule has 0 spiro atoms. The van der Waals surface area contributed by atoms with Crippen molar-refractivity contribution in [3.63, 3.8) is 0 Å². The highest BCUT2D eigenvalue weighted by Gasteiger charge is 2.11. The monoisotopic (exact) mass is 398 g/mol. The third-order valence-electron chi connectivity index (χ3n) is 3.64. The maximum atomic E-state index is 12.2. The zero-order valence-corrected chi connectivity index (χ0v) is 15.9. The Bertz CT molecular complexity index is 1010. The number of ether oxygens (including phenoxy) is 1. The van der Waals surface area contributed by atoms with Crippen LogP contribution in [0.2, 0.25) is 5.02 Å². The fourth-order valence-corrected chi connectivity index (χ4v) is 3.36. The zero-order valence-electron chi connectivity index (χ0n) is 14.3. The number of imidazole rings is 1. The number of nitriles is 1. The second kappa shape index (κ2) is 8.62. The minimum absolute atomic E-state index is 0.179. The number of aromatic nitrogens is 2. The van der Waals surface area contributed by atoms with Gasteiger partial charge in [0, 0.05) is 24.1 Å². The van der Waals surface area contributed by atoms with Crippen molar-refractivity contribution in [2.45, 2.75) is 5.16 Å². The van der Waals surface area contributed by atoms with E-state index >= 15 is 0 Å². The number of carbonyl (C=O) groups excluding carboxylic acids is 1. The van der Waals surface area contributed by atoms with E-state index in [2.05, 4.69) is 10.3 Å². The van der Waals surface area contributed by atoms with Crippen LogP contribution < -0.4 is 10.1 Å². The maximum Gasteiger partial charge on any atom is 0.234 e. The van der Waals surface area contributed by atoms with Gasteiger partial charge in [-0.15, -0.1) is 0 Å². The van der Waals surface area contributed by atoms with Gasteiger partial charge in [-0.1, -0.05) is 29.4 Å². The van der Waals surface area contributed by atoms with Gasteiger partial charge in [-0.25, -0.2) is 4.98 Å². The summed E-state index contributed by atoms with van der Waals surface area (Å²) < 4.78 is 7.14. The van der Waals surface area contributed by atoms with Gasteiger partial charge in [0.2, 0.25) is 5.91 Å². The molecule has 1 aromatic heterocycles. The van der Waals surface area contributed by atoms with Crippen molar-refractivity contribution in [1.82, 2.24) is 9.55 Å². The van der Waals surface area contributed by atoms with Crippen molar-refractivity contribution in [1.29, 1.82) is 5.26 Å². The number of carbonyl (C=O) groups is 1. The molecule has 0 unspecified atom stereocenters. The van der Waals surface area contributed by atoms with E-state index in [-0.39, 0.29) is 11.7 Å². The minimum atomic E-state index is -0.194. The summed E-state index contributed by atoms with van der Waals surface area (Å²) in [7, 11) is 1.61. The molecule has 1 N–H and O–H groups in total. The number of rotatable bonds is 6. The predicted molar refractivity (Wildman–Crippen MR) is 106 cm³/mol. The Morgan fingerprint density at radius 1 is 1.37 bits per heavy atom. The molecule has 0 saturated carbocycles. The number of halogens is 1. The van der Waals surface area contributed by atoms with Crippen molar-refractivity contribution in [2.75, 3.05) is 18.2 Å². The quantitative estimate of drug-likeness (QED) is 0.631. The molecular weight excluding hydrogens is 384 g/mol. The predicted octanol–water partition coefficient (Wildman–Crippen LogP) is 4.14. The number of thioether (sulfide) groups is 1. The maximum absolute atomic E-state index is 12.2. The van der Waals surface area contributed by atoms with Crippen LogP contribution in [0.1, 0.15) is 5.56 Å². The highest BCUT2D eigenvalue weighted by molar-refractivity contribution is 7.99. The molecule has 0 radical (unpaired) electrons. The number of anilines is 1. The molecule has 3 aromatic rings. The number of nitrogens with zero attached hydrogens (tertiary/aromatic N) is 3. The van der Waals surface area contributed by atoms with Crippen LogP contribution in [-0.2, 0) is 4.79 Å². The Morgan fingerprint density at radius 2 is 2.22 bits per heavy atom. The van der Waals surface area contributed by atoms with E-state index < -0.39 is 0 Å². The van der Waals surface area contributed by atoms with E-state index in [0.717, 1.165) is 11.4 Å². The molecule has 1 amide bonds. The lowest BCUT2D eigenvalue weighted by molar-refractivity contribution is -0.113. The molecule has 136 valence electrons. The second-order valence-corrected chi connectivity index (χ2v) is 6.77. The molecule has 2 aromatic carbocycles. The molecule has 0 aliphatic heterocycles. The van der Waals surface area contributed by atoms with Gasteiger partial charge in [-0.2, -0.15) is 5.26 Å². The normalized spacial score (nSPS) is 10.3. The van der Waals surface area contributed by atoms with Crippen LogP contribution in [0.5, 0.6) is 5.75 Å². The number of hydrogen-bond donors (Lipinski definition) is 1. The third kappa shape index (κ3) is 4.61. The minimum Gasteiger partial charge on any atom is -0.497 e. The Balaban J connectivity index is 1.65. The topological polar surface area (TPSA) is 79.9 Å². The molecule has 27 heavy (non-hydrogen) atoms. The van der Waals surface area contributed by atoms with Crippen molar-refractivity contribution in [3.05, 3.63) is 65.4 Å². The van der Waals surface area contributed by atoms with Gasteiger partial charge in [0.25, 0.3) is 0 Å². The zero-order chi connectivity index (χ0) is 19.2. The van der Waals surface area contributed by atoms with Crippen LogP contribution in [0.3, 0.4) is 0 Å². The van der Waals surface area contributed by atoms with Crippen molar-refractivity contribution in [2.24, 2.45) is 0 Å². The van der Waals surface area contributed by atoms with E-state index in [1.165, 1.54) is 11.8 Å². The van der Waals surface area contributed by atoms with Gasteiger partial charge in [0.15, 0.2) is 5.16 Å². The first-order valence-corrected chi connectivity index (χ1v) is 9.27. The lowest BCUT2D eigenvalue weighted by atomic mass is 10.2. The highest BCUT2D eigenvalue weighted by atomic mass is 35.5. The van der Waals surface area contributed by atoms with Crippen molar-refractivity contribution in [3.8, 4) is 17.5 Å². The molecule has 3 rings (SSSR count). The molecule has 0 atom stereocenters. The SMILES string of the molecule is COc1cccc(-n2ccnc2SCC(=O)Nc2ccc(C#N)c(Cl)c2)c1. The molecule has 6 nitrogen and oxygen atoms in total. The van der Waals surface area contributed by atoms with Gasteiger partial charge in [-0.05, 0) is 30.3 Å². The van der Waals surface area contributed by atoms with Crippen LogP contribution in [-0.4, -0.2) is 28.3 Å². The Labute approximate surface area is 165 Å². The van der Waals surface area contributed by atoms with Crippen molar-refractivity contribution < 1.29 is 9.53 Å². The molecule has 0 saturated heterocycles. The number of amides is 1. The fourth-order valence-electron chi connectivity index (χ4n) is 2.36. The highest BCUT2D eigenvalue weighted by Crippen LogP contribution is 2.24. The summed E-state index contributed by atoms with van der Waals surface area (Å²) in [5, 5.41) is 12.6. The smallest absolute Gasteiger partial charge is 0.234 e. The van der Waals surface area contributed by atoms with E-state index in [9.17, 15) is 4.79 Å². The number of nitrogens with one attached hydrogen (secondary N) is 1. The molecule has 0 bridgehead atoms. The van der Waals surface area contributed by atoms with E-state index in [4.69, 9.17) is 21.6 Å². The molecule has 0 aliphatic carbocycles. The van der Waals surface area contributed by atoms with Gasteiger partial charge < -0.3 is 10.1 Å². The summed E-state index contributed by atoms with van der Waals surface area (Å²) >= 11 is 7.30. The standard InChI is InChI=1S/C19H15ClN4O2S/c1-26-16-4-2-3-15(10-16)24-8-7-22-19(24)27-12-18(25)23-14-6-5-13(11-21)17(20)9-14/h2-10H,12H2,1H3,(H,23,25). The average Bonchev–Trinajstić information content (AvgIpc) is 3.15. The lowest BCUT2D eigenvalue weighted by Crippen LogP contribution is -2.14. The van der Waals surface area contributed by atoms with Crippen LogP contribution in [0, 0.1) is 11.3 Å². The van der Waals surface area contributed by atoms with Crippen LogP contribution in [0.25, 0.3) is 5.69 Å². The van der Waals surface area contributed by atoms with Gasteiger partial charge in [-0.3, -0.25) is 9.36 Å². The first-order valence-electron chi connectivity index (χ1n) is 7.91. The van der Waals surface area contributed by atoms with Crippen molar-refractivity contribution >= 4 is 35.0 Å². The third-order valence-corrected chi connectivity index (χ3v) is 4.92. The van der Waals surface area contributed by atoms with Crippen LogP contribution >= 0.6 is 23.4 Å². The first kappa shape index (κ1) is 18.8. The van der Waals surface area contributed by atoms with Gasteiger partial charge in [0.05, 0.1) is 29.1 Å². The van der Waals surface area contributed by atoms with Gasteiger partial charge in [0.1, 0.15) is 11.8 Å². The molecular formula is C19H15ClN4O2S. The molecule has 0 aliphatic rings. The summed E-state index contributed by atoms with van der Waals surface area (Å²) in [4.78, 5) is 16.5. The number of methoxy groups -OCH3 is 1. The number of benzene rings is 2. The molecule has 0 fully saturated rings. The molecule has 1 heterocycles. The fraction of sp³-hybridized carbons (Fsp3) is 0.105. The van der Waals surface area contributed by atoms with Crippen LogP contribution in [0.4, 0.5) is 5.69 Å². The Kier molecular flexibility index (Phi) is 6.01. The Morgan fingerprint density at radius 3 is 2.96 bits per heavy atom. The van der Waals surface area contributed by atoms with E-state index in [0.29, 0.717) is 21.4 Å². The van der Waals surface area contributed by atoms with Crippen LogP contribution in [0.15, 0.2) is 60.0 Å². The van der Waals surface area contributed by atoms with Gasteiger partial charge >= 0.3 is 0 Å². The lowest BCUT2D eigenvalue weighted by Gasteiger charge is -2.09. The molecule has 8 heteroatoms. The summed E-state index contributed by atoms with van der Waals surface area (Å²) in [6, 6.07) is 14.3. The average molecular weight is 399 g/mol. The van der Waals surface area contributed by atoms with E-state index in [1.807, 2.05) is 41.1 Å².